The van der Waals surface area contributed by atoms with Crippen LogP contribution in [0.4, 0.5) is 0 Å². The van der Waals surface area contributed by atoms with Crippen LogP contribution in [-0.2, 0) is 17.8 Å². The highest BCUT2D eigenvalue weighted by atomic mass is 35.5. The molecule has 1 heterocycles. The molecule has 0 fully saturated rings. The van der Waals surface area contributed by atoms with Crippen LogP contribution in [0.5, 0.6) is 0 Å². The number of rotatable bonds is 5. The van der Waals surface area contributed by atoms with Crippen LogP contribution in [0.2, 0.25) is 5.02 Å². The summed E-state index contributed by atoms with van der Waals surface area (Å²) in [5.74, 6) is -0.381. The van der Waals surface area contributed by atoms with Gasteiger partial charge in [-0.2, -0.15) is 0 Å². The van der Waals surface area contributed by atoms with Gasteiger partial charge >= 0.3 is 5.97 Å². The Morgan fingerprint density at radius 3 is 2.70 bits per heavy atom. The topological polar surface area (TPSA) is 51.2 Å². The number of ether oxygens (including phenoxy) is 1. The predicted octanol–water partition coefficient (Wildman–Crippen LogP) is 2.81. The van der Waals surface area contributed by atoms with Crippen molar-refractivity contribution in [3.8, 4) is 0 Å². The first kappa shape index (κ1) is 14.5. The molecule has 0 saturated heterocycles. The standard InChI is InChI=1S/C15H15ClN2O2/c1-20-15(19)12-6-7-13(18-9-12)10-17-8-11-4-2-3-5-14(11)16/h2-7,9,17H,8,10H2,1H3. The lowest BCUT2D eigenvalue weighted by atomic mass is 10.2. The van der Waals surface area contributed by atoms with Crippen LogP contribution in [0.1, 0.15) is 21.6 Å². The lowest BCUT2D eigenvalue weighted by molar-refractivity contribution is 0.0600. The van der Waals surface area contributed by atoms with Crippen molar-refractivity contribution in [3.05, 3.63) is 64.4 Å². The molecule has 1 aromatic heterocycles. The summed E-state index contributed by atoms with van der Waals surface area (Å²) < 4.78 is 4.62. The van der Waals surface area contributed by atoms with Crippen LogP contribution in [0.3, 0.4) is 0 Å². The van der Waals surface area contributed by atoms with Gasteiger partial charge in [0.05, 0.1) is 18.4 Å². The number of halogens is 1. The molecular formula is C15H15ClN2O2. The largest absolute Gasteiger partial charge is 0.465 e. The highest BCUT2D eigenvalue weighted by molar-refractivity contribution is 6.31. The molecule has 4 nitrogen and oxygen atoms in total. The van der Waals surface area contributed by atoms with Crippen molar-refractivity contribution < 1.29 is 9.53 Å². The summed E-state index contributed by atoms with van der Waals surface area (Å²) in [4.78, 5) is 15.5. The third-order valence-electron chi connectivity index (χ3n) is 2.83. The Hall–Kier alpha value is -1.91. The fraction of sp³-hybridized carbons (Fsp3) is 0.200. The lowest BCUT2D eigenvalue weighted by Crippen LogP contribution is -2.14. The van der Waals surface area contributed by atoms with E-state index in [1.165, 1.54) is 13.3 Å². The van der Waals surface area contributed by atoms with Crippen LogP contribution in [-0.4, -0.2) is 18.1 Å². The number of hydrogen-bond donors (Lipinski definition) is 1. The molecule has 0 aliphatic rings. The predicted molar refractivity (Wildman–Crippen MR) is 77.6 cm³/mol. The summed E-state index contributed by atoms with van der Waals surface area (Å²) in [6, 6.07) is 11.2. The van der Waals surface area contributed by atoms with E-state index in [9.17, 15) is 4.79 Å². The van der Waals surface area contributed by atoms with E-state index in [-0.39, 0.29) is 5.97 Å². The van der Waals surface area contributed by atoms with E-state index in [0.717, 1.165) is 16.3 Å². The van der Waals surface area contributed by atoms with Crippen molar-refractivity contribution in [2.24, 2.45) is 0 Å². The van der Waals surface area contributed by atoms with Crippen molar-refractivity contribution in [1.29, 1.82) is 0 Å². The molecule has 2 aromatic rings. The van der Waals surface area contributed by atoms with Gasteiger partial charge in [-0.15, -0.1) is 0 Å². The highest BCUT2D eigenvalue weighted by Crippen LogP contribution is 2.14. The summed E-state index contributed by atoms with van der Waals surface area (Å²) in [6.07, 6.45) is 1.51. The Morgan fingerprint density at radius 2 is 2.05 bits per heavy atom. The lowest BCUT2D eigenvalue weighted by Gasteiger charge is -2.06. The van der Waals surface area contributed by atoms with E-state index < -0.39 is 0 Å². The van der Waals surface area contributed by atoms with Crippen LogP contribution < -0.4 is 5.32 Å². The first-order valence-corrected chi connectivity index (χ1v) is 6.56. The maximum atomic E-state index is 11.3. The van der Waals surface area contributed by atoms with Gasteiger partial charge in [0.1, 0.15) is 0 Å². The molecule has 0 atom stereocenters. The normalized spacial score (nSPS) is 10.3. The fourth-order valence-corrected chi connectivity index (χ4v) is 1.94. The fourth-order valence-electron chi connectivity index (χ4n) is 1.73. The highest BCUT2D eigenvalue weighted by Gasteiger charge is 2.05. The number of benzene rings is 1. The molecule has 0 radical (unpaired) electrons. The Kier molecular flexibility index (Phi) is 5.09. The SMILES string of the molecule is COC(=O)c1ccc(CNCc2ccccc2Cl)nc1. The molecule has 0 aliphatic heterocycles. The first-order chi connectivity index (χ1) is 9.70. The van der Waals surface area contributed by atoms with Crippen LogP contribution in [0.15, 0.2) is 42.6 Å². The van der Waals surface area contributed by atoms with Gasteiger partial charge in [-0.25, -0.2) is 4.79 Å². The van der Waals surface area contributed by atoms with Gasteiger partial charge in [0.25, 0.3) is 0 Å². The van der Waals surface area contributed by atoms with Gasteiger partial charge < -0.3 is 10.1 Å². The molecule has 0 amide bonds. The minimum absolute atomic E-state index is 0.381. The van der Waals surface area contributed by atoms with E-state index in [1.807, 2.05) is 24.3 Å². The van der Waals surface area contributed by atoms with Crippen molar-refractivity contribution in [2.45, 2.75) is 13.1 Å². The molecule has 1 aromatic carbocycles. The number of nitrogens with one attached hydrogen (secondary N) is 1. The molecule has 0 unspecified atom stereocenters. The van der Waals surface area contributed by atoms with E-state index >= 15 is 0 Å². The molecule has 5 heteroatoms. The first-order valence-electron chi connectivity index (χ1n) is 6.18. The third-order valence-corrected chi connectivity index (χ3v) is 3.19. The maximum Gasteiger partial charge on any atom is 0.339 e. The number of carbonyl (C=O) groups excluding carboxylic acids is 1. The van der Waals surface area contributed by atoms with Gasteiger partial charge in [0.2, 0.25) is 0 Å². The number of pyridine rings is 1. The summed E-state index contributed by atoms with van der Waals surface area (Å²) >= 11 is 6.07. The summed E-state index contributed by atoms with van der Waals surface area (Å²) in [5.41, 5.74) is 2.34. The second kappa shape index (κ2) is 7.03. The maximum absolute atomic E-state index is 11.3. The van der Waals surface area contributed by atoms with Gasteiger partial charge in [0.15, 0.2) is 0 Å². The van der Waals surface area contributed by atoms with Gasteiger partial charge in [-0.3, -0.25) is 4.98 Å². The quantitative estimate of drug-likeness (QED) is 0.860. The zero-order chi connectivity index (χ0) is 14.4. The van der Waals surface area contributed by atoms with E-state index in [1.54, 1.807) is 12.1 Å². The van der Waals surface area contributed by atoms with Crippen molar-refractivity contribution >= 4 is 17.6 Å². The van der Waals surface area contributed by atoms with Crippen molar-refractivity contribution in [3.63, 3.8) is 0 Å². The Morgan fingerprint density at radius 1 is 1.25 bits per heavy atom. The number of esters is 1. The third kappa shape index (κ3) is 3.79. The monoisotopic (exact) mass is 290 g/mol. The van der Waals surface area contributed by atoms with Crippen LogP contribution in [0, 0.1) is 0 Å². The summed E-state index contributed by atoms with van der Waals surface area (Å²) in [7, 11) is 1.35. The molecule has 1 N–H and O–H groups in total. The second-order valence-electron chi connectivity index (χ2n) is 4.22. The Balaban J connectivity index is 1.88. The number of aromatic nitrogens is 1. The van der Waals surface area contributed by atoms with E-state index in [4.69, 9.17) is 11.6 Å². The molecule has 0 spiro atoms. The van der Waals surface area contributed by atoms with E-state index in [0.29, 0.717) is 18.7 Å². The number of methoxy groups -OCH3 is 1. The average molecular weight is 291 g/mol. The number of hydrogen-bond acceptors (Lipinski definition) is 4. The molecule has 0 bridgehead atoms. The molecule has 0 aliphatic carbocycles. The van der Waals surface area contributed by atoms with E-state index in [2.05, 4.69) is 15.0 Å². The molecular weight excluding hydrogens is 276 g/mol. The number of carbonyl (C=O) groups is 1. The molecule has 2 rings (SSSR count). The van der Waals surface area contributed by atoms with Gasteiger partial charge in [0, 0.05) is 24.3 Å². The van der Waals surface area contributed by atoms with Crippen LogP contribution >= 0.6 is 11.6 Å². The van der Waals surface area contributed by atoms with Crippen molar-refractivity contribution in [1.82, 2.24) is 10.3 Å². The minimum atomic E-state index is -0.381. The molecule has 20 heavy (non-hydrogen) atoms. The zero-order valence-corrected chi connectivity index (χ0v) is 11.9. The Bertz CT molecular complexity index is 585. The summed E-state index contributed by atoms with van der Waals surface area (Å²) in [5, 5.41) is 4.00. The summed E-state index contributed by atoms with van der Waals surface area (Å²) in [6.45, 7) is 1.27. The zero-order valence-electron chi connectivity index (χ0n) is 11.1. The number of nitrogens with zero attached hydrogens (tertiary/aromatic N) is 1. The second-order valence-corrected chi connectivity index (χ2v) is 4.63. The van der Waals surface area contributed by atoms with Crippen molar-refractivity contribution in [2.75, 3.05) is 7.11 Å². The Labute approximate surface area is 122 Å². The minimum Gasteiger partial charge on any atom is -0.465 e. The average Bonchev–Trinajstić information content (AvgIpc) is 2.49. The molecule has 104 valence electrons. The smallest absolute Gasteiger partial charge is 0.339 e. The molecule has 0 saturated carbocycles. The van der Waals surface area contributed by atoms with Crippen LogP contribution in [0.25, 0.3) is 0 Å². The van der Waals surface area contributed by atoms with Gasteiger partial charge in [-0.1, -0.05) is 29.8 Å². The van der Waals surface area contributed by atoms with Gasteiger partial charge in [-0.05, 0) is 23.8 Å².